The quantitative estimate of drug-likeness (QED) is 0.570. The molecule has 0 N–H and O–H groups in total. The second-order valence-electron chi connectivity index (χ2n) is 4.77. The van der Waals surface area contributed by atoms with Crippen LogP contribution in [-0.2, 0) is 19.1 Å². The molecule has 0 spiro atoms. The van der Waals surface area contributed by atoms with Gasteiger partial charge in [-0.05, 0) is 39.5 Å². The second-order valence-corrected chi connectivity index (χ2v) is 4.77. The summed E-state index contributed by atoms with van der Waals surface area (Å²) in [6, 6.07) is 0. The lowest BCUT2D eigenvalue weighted by atomic mass is 9.95. The van der Waals surface area contributed by atoms with E-state index in [1.807, 2.05) is 0 Å². The number of hydrogen-bond donors (Lipinski definition) is 0. The van der Waals surface area contributed by atoms with Gasteiger partial charge in [0.05, 0.1) is 0 Å². The number of hydrogen-bond acceptors (Lipinski definition) is 4. The van der Waals surface area contributed by atoms with Gasteiger partial charge in [0.15, 0.2) is 0 Å². The molecular formula is C14H20O4. The maximum atomic E-state index is 11.3. The number of rotatable bonds is 4. The fourth-order valence-electron chi connectivity index (χ4n) is 1.77. The van der Waals surface area contributed by atoms with Gasteiger partial charge in [-0.1, -0.05) is 13.2 Å². The lowest BCUT2D eigenvalue weighted by Crippen LogP contribution is -2.30. The van der Waals surface area contributed by atoms with Gasteiger partial charge in [0.1, 0.15) is 12.2 Å². The molecule has 0 aromatic carbocycles. The fraction of sp³-hybridized carbons (Fsp3) is 0.571. The largest absolute Gasteiger partial charge is 0.459 e. The standard InChI is InChI=1S/C14H20O4/c1-9(2)13(15)17-11-5-7-12(8-6-11)18-14(16)10(3)4/h11-12H,1,3,5-8H2,2,4H3/t11-,12-. The summed E-state index contributed by atoms with van der Waals surface area (Å²) in [6.07, 6.45) is 2.68. The van der Waals surface area contributed by atoms with Crippen molar-refractivity contribution in [2.45, 2.75) is 51.7 Å². The number of carbonyl (C=O) groups excluding carboxylic acids is 2. The Morgan fingerprint density at radius 2 is 1.11 bits per heavy atom. The van der Waals surface area contributed by atoms with Crippen LogP contribution in [0.15, 0.2) is 24.3 Å². The molecule has 0 bridgehead atoms. The third kappa shape index (κ3) is 4.35. The topological polar surface area (TPSA) is 52.6 Å². The molecule has 0 aliphatic heterocycles. The van der Waals surface area contributed by atoms with Crippen molar-refractivity contribution in [2.24, 2.45) is 0 Å². The molecule has 1 fully saturated rings. The smallest absolute Gasteiger partial charge is 0.333 e. The monoisotopic (exact) mass is 252 g/mol. The van der Waals surface area contributed by atoms with E-state index in [2.05, 4.69) is 13.2 Å². The summed E-state index contributed by atoms with van der Waals surface area (Å²) in [6.45, 7) is 10.3. The molecule has 4 nitrogen and oxygen atoms in total. The van der Waals surface area contributed by atoms with Gasteiger partial charge in [0.2, 0.25) is 0 Å². The second kappa shape index (κ2) is 6.38. The first-order valence-electron chi connectivity index (χ1n) is 6.13. The highest BCUT2D eigenvalue weighted by Gasteiger charge is 2.26. The maximum Gasteiger partial charge on any atom is 0.333 e. The molecule has 0 aromatic rings. The van der Waals surface area contributed by atoms with E-state index < -0.39 is 0 Å². The Kier molecular flexibility index (Phi) is 5.13. The van der Waals surface area contributed by atoms with E-state index in [4.69, 9.17) is 9.47 Å². The molecule has 1 aliphatic rings. The highest BCUT2D eigenvalue weighted by molar-refractivity contribution is 5.87. The van der Waals surface area contributed by atoms with Gasteiger partial charge in [-0.15, -0.1) is 0 Å². The normalized spacial score (nSPS) is 23.0. The Hall–Kier alpha value is -1.58. The first kappa shape index (κ1) is 14.5. The van der Waals surface area contributed by atoms with E-state index in [0.717, 1.165) is 0 Å². The van der Waals surface area contributed by atoms with Crippen molar-refractivity contribution in [1.82, 2.24) is 0 Å². The molecule has 1 rings (SSSR count). The minimum atomic E-state index is -0.350. The highest BCUT2D eigenvalue weighted by atomic mass is 16.6. The molecule has 0 aromatic heterocycles. The summed E-state index contributed by atoms with van der Waals surface area (Å²) >= 11 is 0. The van der Waals surface area contributed by atoms with E-state index in [1.165, 1.54) is 0 Å². The highest BCUT2D eigenvalue weighted by Crippen LogP contribution is 2.24. The predicted octanol–water partition coefficient (Wildman–Crippen LogP) is 2.54. The Labute approximate surface area is 108 Å². The predicted molar refractivity (Wildman–Crippen MR) is 67.9 cm³/mol. The van der Waals surface area contributed by atoms with Crippen LogP contribution < -0.4 is 0 Å². The van der Waals surface area contributed by atoms with Gasteiger partial charge < -0.3 is 9.47 Å². The maximum absolute atomic E-state index is 11.3. The van der Waals surface area contributed by atoms with Crippen molar-refractivity contribution in [3.8, 4) is 0 Å². The van der Waals surface area contributed by atoms with Crippen molar-refractivity contribution in [3.63, 3.8) is 0 Å². The zero-order valence-corrected chi connectivity index (χ0v) is 11.0. The molecule has 0 radical (unpaired) electrons. The van der Waals surface area contributed by atoms with E-state index in [-0.39, 0.29) is 24.1 Å². The van der Waals surface area contributed by atoms with E-state index in [1.54, 1.807) is 13.8 Å². The van der Waals surface area contributed by atoms with Crippen molar-refractivity contribution in [2.75, 3.05) is 0 Å². The fourth-order valence-corrected chi connectivity index (χ4v) is 1.77. The van der Waals surface area contributed by atoms with Crippen LogP contribution in [0.5, 0.6) is 0 Å². The number of esters is 2. The van der Waals surface area contributed by atoms with Gasteiger partial charge in [-0.2, -0.15) is 0 Å². The van der Waals surface area contributed by atoms with E-state index in [9.17, 15) is 9.59 Å². The molecular weight excluding hydrogens is 232 g/mol. The summed E-state index contributed by atoms with van der Waals surface area (Å²) in [7, 11) is 0. The Bertz CT molecular complexity index is 326. The SMILES string of the molecule is C=C(C)C(=O)O[C@H]1CC[C@H](OC(=O)C(=C)C)CC1. The zero-order chi connectivity index (χ0) is 13.7. The summed E-state index contributed by atoms with van der Waals surface area (Å²) in [5.74, 6) is -0.699. The van der Waals surface area contributed by atoms with Gasteiger partial charge in [-0.25, -0.2) is 9.59 Å². The summed E-state index contributed by atoms with van der Waals surface area (Å²) in [5, 5.41) is 0. The van der Waals surface area contributed by atoms with Crippen LogP contribution in [0.25, 0.3) is 0 Å². The molecule has 0 unspecified atom stereocenters. The first-order valence-corrected chi connectivity index (χ1v) is 6.13. The molecule has 0 atom stereocenters. The van der Waals surface area contributed by atoms with Gasteiger partial charge in [0, 0.05) is 11.1 Å². The molecule has 0 heterocycles. The van der Waals surface area contributed by atoms with Crippen molar-refractivity contribution in [1.29, 1.82) is 0 Å². The van der Waals surface area contributed by atoms with E-state index in [0.29, 0.717) is 36.8 Å². The molecule has 100 valence electrons. The Morgan fingerprint density at radius 1 is 0.833 bits per heavy atom. The van der Waals surface area contributed by atoms with Crippen molar-refractivity contribution < 1.29 is 19.1 Å². The minimum absolute atomic E-state index is 0.0889. The first-order chi connectivity index (χ1) is 8.40. The van der Waals surface area contributed by atoms with Crippen LogP contribution in [0.4, 0.5) is 0 Å². The molecule has 18 heavy (non-hydrogen) atoms. The molecule has 1 saturated carbocycles. The van der Waals surface area contributed by atoms with Crippen LogP contribution in [-0.4, -0.2) is 24.1 Å². The van der Waals surface area contributed by atoms with Crippen LogP contribution >= 0.6 is 0 Å². The number of carbonyl (C=O) groups is 2. The van der Waals surface area contributed by atoms with Crippen molar-refractivity contribution >= 4 is 11.9 Å². The zero-order valence-electron chi connectivity index (χ0n) is 11.0. The average molecular weight is 252 g/mol. The van der Waals surface area contributed by atoms with Crippen LogP contribution in [0, 0.1) is 0 Å². The summed E-state index contributed by atoms with van der Waals surface area (Å²) in [4.78, 5) is 22.7. The van der Waals surface area contributed by atoms with Crippen molar-refractivity contribution in [3.05, 3.63) is 24.3 Å². The third-order valence-corrected chi connectivity index (χ3v) is 2.87. The lowest BCUT2D eigenvalue weighted by molar-refractivity contribution is -0.153. The minimum Gasteiger partial charge on any atom is -0.459 e. The van der Waals surface area contributed by atoms with Gasteiger partial charge in [-0.3, -0.25) is 0 Å². The molecule has 0 amide bonds. The van der Waals surface area contributed by atoms with Crippen LogP contribution in [0.3, 0.4) is 0 Å². The Balaban J connectivity index is 2.33. The third-order valence-electron chi connectivity index (χ3n) is 2.87. The average Bonchev–Trinajstić information content (AvgIpc) is 2.31. The Morgan fingerprint density at radius 3 is 1.33 bits per heavy atom. The summed E-state index contributed by atoms with van der Waals surface area (Å²) < 4.78 is 10.5. The molecule has 1 aliphatic carbocycles. The molecule has 4 heteroatoms. The summed E-state index contributed by atoms with van der Waals surface area (Å²) in [5.41, 5.74) is 0.816. The van der Waals surface area contributed by atoms with E-state index >= 15 is 0 Å². The number of ether oxygens (including phenoxy) is 2. The van der Waals surface area contributed by atoms with Crippen LogP contribution in [0.2, 0.25) is 0 Å². The van der Waals surface area contributed by atoms with Gasteiger partial charge in [0.25, 0.3) is 0 Å². The van der Waals surface area contributed by atoms with Crippen LogP contribution in [0.1, 0.15) is 39.5 Å². The van der Waals surface area contributed by atoms with Gasteiger partial charge >= 0.3 is 11.9 Å². The lowest BCUT2D eigenvalue weighted by Gasteiger charge is -2.28. The molecule has 0 saturated heterocycles.